The van der Waals surface area contributed by atoms with Crippen LogP contribution in [0.4, 0.5) is 0 Å². The van der Waals surface area contributed by atoms with E-state index in [1.807, 2.05) is 30.9 Å². The fourth-order valence-corrected chi connectivity index (χ4v) is 4.26. The summed E-state index contributed by atoms with van der Waals surface area (Å²) in [6, 6.07) is 22.8. The average molecular weight is 433 g/mol. The van der Waals surface area contributed by atoms with Gasteiger partial charge in [0.25, 0.3) is 5.91 Å². The Morgan fingerprint density at radius 2 is 1.50 bits per heavy atom. The smallest absolute Gasteiger partial charge is 0.289 e. The molecule has 1 fully saturated rings. The van der Waals surface area contributed by atoms with Gasteiger partial charge in [0.1, 0.15) is 5.76 Å². The highest BCUT2D eigenvalue weighted by atomic mass is 16.5. The highest BCUT2D eigenvalue weighted by molar-refractivity contribution is 5.91. The topological polar surface area (TPSA) is 45.9 Å². The van der Waals surface area contributed by atoms with Gasteiger partial charge in [-0.3, -0.25) is 9.69 Å². The molecule has 5 heteroatoms. The number of furan rings is 1. The van der Waals surface area contributed by atoms with Crippen molar-refractivity contribution in [1.29, 1.82) is 0 Å². The van der Waals surface area contributed by atoms with Crippen LogP contribution in [-0.4, -0.2) is 41.0 Å². The van der Waals surface area contributed by atoms with Crippen molar-refractivity contribution in [3.63, 3.8) is 0 Å². The summed E-state index contributed by atoms with van der Waals surface area (Å²) in [6.45, 7) is 9.51. The molecule has 168 valence electrons. The molecular weight excluding hydrogens is 400 g/mol. The monoisotopic (exact) mass is 432 g/mol. The molecule has 0 bridgehead atoms. The fourth-order valence-electron chi connectivity index (χ4n) is 4.26. The first-order chi connectivity index (χ1) is 15.5. The minimum Gasteiger partial charge on any atom is -0.455 e. The minimum atomic E-state index is -0.0635. The molecule has 2 heterocycles. The zero-order valence-electron chi connectivity index (χ0n) is 19.2. The third-order valence-corrected chi connectivity index (χ3v) is 5.73. The first-order valence-electron chi connectivity index (χ1n) is 11.3. The summed E-state index contributed by atoms with van der Waals surface area (Å²) in [5.41, 5.74) is 3.76. The minimum absolute atomic E-state index is 0.0352. The maximum Gasteiger partial charge on any atom is 0.289 e. The van der Waals surface area contributed by atoms with Crippen LogP contribution in [-0.2, 0) is 24.4 Å². The van der Waals surface area contributed by atoms with Crippen molar-refractivity contribution in [2.24, 2.45) is 0 Å². The second-order valence-corrected chi connectivity index (χ2v) is 8.85. The molecule has 0 N–H and O–H groups in total. The average Bonchev–Trinajstić information content (AvgIpc) is 3.23. The molecule has 5 nitrogen and oxygen atoms in total. The quantitative estimate of drug-likeness (QED) is 0.525. The summed E-state index contributed by atoms with van der Waals surface area (Å²) in [5, 5.41) is 0. The van der Waals surface area contributed by atoms with Crippen molar-refractivity contribution < 1.29 is 13.9 Å². The summed E-state index contributed by atoms with van der Waals surface area (Å²) in [5.74, 6) is 1.13. The standard InChI is InChI=1S/C27H32N2O3/c1-20-9-11-24(12-10-20)18-28(17-23-7-5-4-6-8-23)19-25-13-14-26(32-25)27(30)29-15-21(2)31-22(3)16-29/h4-14,21-22H,15-19H2,1-3H3. The third-order valence-electron chi connectivity index (χ3n) is 5.73. The van der Waals surface area contributed by atoms with E-state index in [0.29, 0.717) is 25.4 Å². The van der Waals surface area contributed by atoms with Gasteiger partial charge >= 0.3 is 0 Å². The van der Waals surface area contributed by atoms with Gasteiger partial charge in [0, 0.05) is 26.2 Å². The molecule has 2 atom stereocenters. The largest absolute Gasteiger partial charge is 0.455 e. The van der Waals surface area contributed by atoms with Gasteiger partial charge in [-0.05, 0) is 44.0 Å². The van der Waals surface area contributed by atoms with Gasteiger partial charge in [-0.1, -0.05) is 60.2 Å². The Kier molecular flexibility index (Phi) is 7.08. The van der Waals surface area contributed by atoms with Crippen molar-refractivity contribution in [2.75, 3.05) is 13.1 Å². The zero-order valence-corrected chi connectivity index (χ0v) is 19.2. The normalized spacial score (nSPS) is 18.8. The Morgan fingerprint density at radius 1 is 0.875 bits per heavy atom. The van der Waals surface area contributed by atoms with Crippen molar-refractivity contribution in [2.45, 2.75) is 52.6 Å². The number of nitrogens with zero attached hydrogens (tertiary/aromatic N) is 2. The highest BCUT2D eigenvalue weighted by Crippen LogP contribution is 2.19. The fraction of sp³-hybridized carbons (Fsp3) is 0.370. The molecule has 0 radical (unpaired) electrons. The van der Waals surface area contributed by atoms with Gasteiger partial charge in [-0.25, -0.2) is 0 Å². The summed E-state index contributed by atoms with van der Waals surface area (Å²) in [7, 11) is 0. The lowest BCUT2D eigenvalue weighted by Crippen LogP contribution is -2.48. The van der Waals surface area contributed by atoms with E-state index in [1.54, 1.807) is 6.07 Å². The Morgan fingerprint density at radius 3 is 2.16 bits per heavy atom. The maximum atomic E-state index is 13.0. The highest BCUT2D eigenvalue weighted by Gasteiger charge is 2.28. The maximum absolute atomic E-state index is 13.0. The molecule has 2 unspecified atom stereocenters. The van der Waals surface area contributed by atoms with E-state index < -0.39 is 0 Å². The van der Waals surface area contributed by atoms with Crippen LogP contribution in [0.2, 0.25) is 0 Å². The number of ether oxygens (including phenoxy) is 1. The molecule has 1 aliphatic heterocycles. The lowest BCUT2D eigenvalue weighted by atomic mass is 10.1. The van der Waals surface area contributed by atoms with Gasteiger partial charge in [-0.15, -0.1) is 0 Å². The summed E-state index contributed by atoms with van der Waals surface area (Å²) in [4.78, 5) is 17.1. The molecule has 0 saturated carbocycles. The lowest BCUT2D eigenvalue weighted by Gasteiger charge is -2.34. The summed E-state index contributed by atoms with van der Waals surface area (Å²) < 4.78 is 11.8. The zero-order chi connectivity index (χ0) is 22.5. The van der Waals surface area contributed by atoms with Gasteiger partial charge in [0.2, 0.25) is 0 Å². The number of hydrogen-bond donors (Lipinski definition) is 0. The van der Waals surface area contributed by atoms with Crippen LogP contribution < -0.4 is 0 Å². The van der Waals surface area contributed by atoms with E-state index in [0.717, 1.165) is 18.8 Å². The molecule has 1 aromatic heterocycles. The van der Waals surface area contributed by atoms with Crippen molar-refractivity contribution in [3.8, 4) is 0 Å². The Bertz CT molecular complexity index is 1000. The number of amides is 1. The molecule has 3 aromatic rings. The van der Waals surface area contributed by atoms with E-state index in [1.165, 1.54) is 16.7 Å². The van der Waals surface area contributed by atoms with E-state index in [9.17, 15) is 4.79 Å². The Balaban J connectivity index is 1.47. The lowest BCUT2D eigenvalue weighted by molar-refractivity contribution is -0.0592. The molecule has 2 aromatic carbocycles. The van der Waals surface area contributed by atoms with E-state index in [-0.39, 0.29) is 18.1 Å². The molecular formula is C27H32N2O3. The second kappa shape index (κ2) is 10.2. The number of benzene rings is 2. The number of hydrogen-bond acceptors (Lipinski definition) is 4. The summed E-state index contributed by atoms with van der Waals surface area (Å²) in [6.07, 6.45) is 0.0704. The first kappa shape index (κ1) is 22.3. The summed E-state index contributed by atoms with van der Waals surface area (Å²) >= 11 is 0. The number of carbonyl (C=O) groups is 1. The molecule has 0 aliphatic carbocycles. The van der Waals surface area contributed by atoms with Gasteiger partial charge in [-0.2, -0.15) is 0 Å². The third kappa shape index (κ3) is 5.87. The molecule has 1 aliphatic rings. The van der Waals surface area contributed by atoms with Crippen LogP contribution in [0.5, 0.6) is 0 Å². The molecule has 1 amide bonds. The van der Waals surface area contributed by atoms with Gasteiger partial charge < -0.3 is 14.1 Å². The van der Waals surface area contributed by atoms with Gasteiger partial charge in [0.15, 0.2) is 5.76 Å². The van der Waals surface area contributed by atoms with Crippen LogP contribution in [0.25, 0.3) is 0 Å². The SMILES string of the molecule is Cc1ccc(CN(Cc2ccccc2)Cc2ccc(C(=O)N3CC(C)OC(C)C3)o2)cc1. The number of rotatable bonds is 7. The van der Waals surface area contributed by atoms with E-state index in [4.69, 9.17) is 9.15 Å². The van der Waals surface area contributed by atoms with Crippen LogP contribution in [0.3, 0.4) is 0 Å². The van der Waals surface area contributed by atoms with E-state index in [2.05, 4.69) is 60.4 Å². The van der Waals surface area contributed by atoms with Crippen molar-refractivity contribution in [3.05, 3.63) is 94.9 Å². The van der Waals surface area contributed by atoms with E-state index >= 15 is 0 Å². The number of aryl methyl sites for hydroxylation is 1. The Labute approximate surface area is 190 Å². The molecule has 32 heavy (non-hydrogen) atoms. The predicted octanol–water partition coefficient (Wildman–Crippen LogP) is 5.04. The predicted molar refractivity (Wildman–Crippen MR) is 125 cm³/mol. The van der Waals surface area contributed by atoms with Crippen LogP contribution >= 0.6 is 0 Å². The number of carbonyl (C=O) groups excluding carboxylic acids is 1. The first-order valence-corrected chi connectivity index (χ1v) is 11.3. The number of morpholine rings is 1. The molecule has 4 rings (SSSR count). The van der Waals surface area contributed by atoms with Crippen molar-refractivity contribution >= 4 is 5.91 Å². The molecule has 0 spiro atoms. The molecule has 1 saturated heterocycles. The second-order valence-electron chi connectivity index (χ2n) is 8.85. The van der Waals surface area contributed by atoms with Crippen LogP contribution in [0.1, 0.15) is 46.9 Å². The van der Waals surface area contributed by atoms with Crippen LogP contribution in [0, 0.1) is 6.92 Å². The Hall–Kier alpha value is -2.89. The van der Waals surface area contributed by atoms with Crippen molar-refractivity contribution in [1.82, 2.24) is 9.80 Å². The van der Waals surface area contributed by atoms with Crippen LogP contribution in [0.15, 0.2) is 71.1 Å². The van der Waals surface area contributed by atoms with Gasteiger partial charge in [0.05, 0.1) is 18.8 Å².